The Balaban J connectivity index is 1.46. The maximum absolute atomic E-state index is 11.9. The van der Waals surface area contributed by atoms with Gasteiger partial charge in [0.25, 0.3) is 11.1 Å². The highest BCUT2D eigenvalue weighted by atomic mass is 32.2. The van der Waals surface area contributed by atoms with Gasteiger partial charge >= 0.3 is 5.97 Å². The zero-order chi connectivity index (χ0) is 19.1. The van der Waals surface area contributed by atoms with Gasteiger partial charge in [0.2, 0.25) is 5.91 Å². The molecule has 2 heterocycles. The number of thioether (sulfide) groups is 1. The zero-order valence-corrected chi connectivity index (χ0v) is 15.7. The summed E-state index contributed by atoms with van der Waals surface area (Å²) < 4.78 is 10.5. The van der Waals surface area contributed by atoms with Crippen LogP contribution in [0.4, 0.5) is 0 Å². The minimum atomic E-state index is -0.253. The number of hydrogen-bond donors (Lipinski definition) is 2. The number of aromatic nitrogens is 3. The van der Waals surface area contributed by atoms with Crippen molar-refractivity contribution in [3.63, 3.8) is 0 Å². The minimum Gasteiger partial charge on any atom is -0.466 e. The molecular weight excluding hydrogens is 368 g/mol. The molecule has 0 aliphatic carbocycles. The number of amides is 1. The van der Waals surface area contributed by atoms with Gasteiger partial charge in [0.15, 0.2) is 0 Å². The molecular formula is C18H20N4O4S. The Kier molecular flexibility index (Phi) is 6.48. The molecule has 0 saturated carbocycles. The summed E-state index contributed by atoms with van der Waals surface area (Å²) in [6.07, 6.45) is 2.66. The van der Waals surface area contributed by atoms with Gasteiger partial charge in [0.1, 0.15) is 0 Å². The number of carbonyl (C=O) groups is 2. The van der Waals surface area contributed by atoms with Crippen molar-refractivity contribution in [2.75, 3.05) is 18.9 Å². The lowest BCUT2D eigenvalue weighted by Crippen LogP contribution is -2.26. The first-order valence-electron chi connectivity index (χ1n) is 8.62. The molecule has 0 atom stereocenters. The molecule has 2 aromatic heterocycles. The van der Waals surface area contributed by atoms with Crippen LogP contribution in [0, 0.1) is 0 Å². The standard InChI is InChI=1S/C18H20N4O4S/c1-2-25-16(24)8-5-9-19-15(23)11-27-18-22-21-17(26-18)13-10-20-14-7-4-3-6-12(13)14/h3-4,6-7,10,20H,2,5,8-9,11H2,1H3,(H,19,23). The van der Waals surface area contributed by atoms with E-state index in [-0.39, 0.29) is 17.6 Å². The highest BCUT2D eigenvalue weighted by molar-refractivity contribution is 7.99. The first kappa shape index (κ1) is 19.0. The Morgan fingerprint density at radius 3 is 3.00 bits per heavy atom. The van der Waals surface area contributed by atoms with Gasteiger partial charge < -0.3 is 19.5 Å². The number of H-pyrrole nitrogens is 1. The lowest BCUT2D eigenvalue weighted by atomic mass is 10.2. The molecule has 3 aromatic rings. The summed E-state index contributed by atoms with van der Waals surface area (Å²) in [5, 5.41) is 12.1. The molecule has 0 unspecified atom stereocenters. The van der Waals surface area contributed by atoms with E-state index in [4.69, 9.17) is 9.15 Å². The summed E-state index contributed by atoms with van der Waals surface area (Å²) in [5.74, 6) is 0.159. The van der Waals surface area contributed by atoms with Crippen LogP contribution in [0.5, 0.6) is 0 Å². The van der Waals surface area contributed by atoms with Gasteiger partial charge in [-0.05, 0) is 19.4 Å². The summed E-state index contributed by atoms with van der Waals surface area (Å²) in [6, 6.07) is 7.83. The molecule has 0 radical (unpaired) electrons. The number of fused-ring (bicyclic) bond motifs is 1. The monoisotopic (exact) mass is 388 g/mol. The third-order valence-electron chi connectivity index (χ3n) is 3.74. The normalized spacial score (nSPS) is 10.9. The third-order valence-corrected chi connectivity index (χ3v) is 4.56. The summed E-state index contributed by atoms with van der Waals surface area (Å²) in [6.45, 7) is 2.55. The van der Waals surface area contributed by atoms with E-state index >= 15 is 0 Å². The van der Waals surface area contributed by atoms with Crippen molar-refractivity contribution in [3.05, 3.63) is 30.5 Å². The number of benzene rings is 1. The van der Waals surface area contributed by atoms with E-state index in [0.717, 1.165) is 16.5 Å². The number of hydrogen-bond acceptors (Lipinski definition) is 7. The summed E-state index contributed by atoms with van der Waals surface area (Å²) in [7, 11) is 0. The van der Waals surface area contributed by atoms with Crippen LogP contribution in [0.1, 0.15) is 19.8 Å². The van der Waals surface area contributed by atoms with Crippen LogP contribution in [0.25, 0.3) is 22.4 Å². The van der Waals surface area contributed by atoms with E-state index < -0.39 is 0 Å². The minimum absolute atomic E-state index is 0.157. The number of ether oxygens (including phenoxy) is 1. The van der Waals surface area contributed by atoms with Gasteiger partial charge in [0, 0.05) is 30.1 Å². The number of para-hydroxylation sites is 1. The van der Waals surface area contributed by atoms with E-state index in [9.17, 15) is 9.59 Å². The van der Waals surface area contributed by atoms with Crippen LogP contribution in [0.15, 0.2) is 40.1 Å². The lowest BCUT2D eigenvalue weighted by Gasteiger charge is -2.04. The third kappa shape index (κ3) is 5.10. The number of nitrogens with one attached hydrogen (secondary N) is 2. The summed E-state index contributed by atoms with van der Waals surface area (Å²) >= 11 is 1.17. The van der Waals surface area contributed by atoms with Crippen LogP contribution in [-0.2, 0) is 14.3 Å². The van der Waals surface area contributed by atoms with Crippen LogP contribution in [-0.4, -0.2) is 46.0 Å². The number of carbonyl (C=O) groups excluding carboxylic acids is 2. The van der Waals surface area contributed by atoms with Gasteiger partial charge in [-0.25, -0.2) is 0 Å². The highest BCUT2D eigenvalue weighted by Gasteiger charge is 2.14. The number of esters is 1. The molecule has 0 spiro atoms. The van der Waals surface area contributed by atoms with Crippen molar-refractivity contribution < 1.29 is 18.7 Å². The van der Waals surface area contributed by atoms with Crippen molar-refractivity contribution in [3.8, 4) is 11.5 Å². The zero-order valence-electron chi connectivity index (χ0n) is 14.9. The van der Waals surface area contributed by atoms with Crippen molar-refractivity contribution >= 4 is 34.5 Å². The SMILES string of the molecule is CCOC(=O)CCCNC(=O)CSc1nnc(-c2c[nH]c3ccccc23)o1. The summed E-state index contributed by atoms with van der Waals surface area (Å²) in [4.78, 5) is 26.2. The van der Waals surface area contributed by atoms with Gasteiger partial charge in [0.05, 0.1) is 17.9 Å². The van der Waals surface area contributed by atoms with Crippen molar-refractivity contribution in [2.45, 2.75) is 25.0 Å². The average molecular weight is 388 g/mol. The maximum Gasteiger partial charge on any atom is 0.305 e. The van der Waals surface area contributed by atoms with E-state index in [1.165, 1.54) is 11.8 Å². The fourth-order valence-electron chi connectivity index (χ4n) is 2.50. The predicted octanol–water partition coefficient (Wildman–Crippen LogP) is 2.77. The number of rotatable bonds is 9. The van der Waals surface area contributed by atoms with Crippen LogP contribution < -0.4 is 5.32 Å². The van der Waals surface area contributed by atoms with E-state index in [1.807, 2.05) is 30.5 Å². The fourth-order valence-corrected chi connectivity index (χ4v) is 3.09. The molecule has 2 N–H and O–H groups in total. The average Bonchev–Trinajstić information content (AvgIpc) is 3.30. The maximum atomic E-state index is 11.9. The Bertz CT molecular complexity index is 921. The molecule has 142 valence electrons. The highest BCUT2D eigenvalue weighted by Crippen LogP contribution is 2.29. The molecule has 1 amide bonds. The molecule has 8 nitrogen and oxygen atoms in total. The van der Waals surface area contributed by atoms with E-state index in [1.54, 1.807) is 6.92 Å². The Morgan fingerprint density at radius 1 is 1.30 bits per heavy atom. The van der Waals surface area contributed by atoms with E-state index in [0.29, 0.717) is 37.1 Å². The van der Waals surface area contributed by atoms with Crippen molar-refractivity contribution in [1.82, 2.24) is 20.5 Å². The number of aromatic amines is 1. The molecule has 1 aromatic carbocycles. The molecule has 3 rings (SSSR count). The van der Waals surface area contributed by atoms with Crippen LogP contribution >= 0.6 is 11.8 Å². The Labute approximate surface area is 160 Å². The molecule has 0 aliphatic rings. The van der Waals surface area contributed by atoms with Gasteiger partial charge in [-0.3, -0.25) is 9.59 Å². The van der Waals surface area contributed by atoms with Crippen LogP contribution in [0.3, 0.4) is 0 Å². The van der Waals surface area contributed by atoms with Gasteiger partial charge in [-0.15, -0.1) is 10.2 Å². The largest absolute Gasteiger partial charge is 0.466 e. The fraction of sp³-hybridized carbons (Fsp3) is 0.333. The number of nitrogens with zero attached hydrogens (tertiary/aromatic N) is 2. The second kappa shape index (κ2) is 9.22. The van der Waals surface area contributed by atoms with E-state index in [2.05, 4.69) is 20.5 Å². The molecule has 27 heavy (non-hydrogen) atoms. The lowest BCUT2D eigenvalue weighted by molar-refractivity contribution is -0.143. The molecule has 9 heteroatoms. The first-order chi connectivity index (χ1) is 13.2. The van der Waals surface area contributed by atoms with Crippen LogP contribution in [0.2, 0.25) is 0 Å². The predicted molar refractivity (Wildman–Crippen MR) is 101 cm³/mol. The van der Waals surface area contributed by atoms with Gasteiger partial charge in [-0.2, -0.15) is 0 Å². The Hall–Kier alpha value is -2.81. The smallest absolute Gasteiger partial charge is 0.305 e. The second-order valence-electron chi connectivity index (χ2n) is 5.67. The molecule has 0 fully saturated rings. The topological polar surface area (TPSA) is 110 Å². The quantitative estimate of drug-likeness (QED) is 0.329. The Morgan fingerprint density at radius 2 is 2.15 bits per heavy atom. The van der Waals surface area contributed by atoms with Gasteiger partial charge in [-0.1, -0.05) is 30.0 Å². The molecule has 0 aliphatic heterocycles. The van der Waals surface area contributed by atoms with Crippen molar-refractivity contribution in [1.29, 1.82) is 0 Å². The molecule has 0 bridgehead atoms. The molecule has 0 saturated heterocycles. The van der Waals surface area contributed by atoms with Crippen molar-refractivity contribution in [2.24, 2.45) is 0 Å². The second-order valence-corrected chi connectivity index (χ2v) is 6.59. The first-order valence-corrected chi connectivity index (χ1v) is 9.61. The summed E-state index contributed by atoms with van der Waals surface area (Å²) in [5.41, 5.74) is 1.82.